The fourth-order valence-electron chi connectivity index (χ4n) is 2.70. The Morgan fingerprint density at radius 1 is 1.21 bits per heavy atom. The van der Waals surface area contributed by atoms with Crippen molar-refractivity contribution in [2.45, 2.75) is 23.6 Å². The number of ether oxygens (including phenoxy) is 2. The van der Waals surface area contributed by atoms with Gasteiger partial charge >= 0.3 is 11.7 Å². The highest BCUT2D eigenvalue weighted by molar-refractivity contribution is 7.86. The van der Waals surface area contributed by atoms with Crippen molar-refractivity contribution in [2.24, 2.45) is 0 Å². The summed E-state index contributed by atoms with van der Waals surface area (Å²) in [6.07, 6.45) is 1.72. The summed E-state index contributed by atoms with van der Waals surface area (Å²) in [5.74, 6) is 1.85. The summed E-state index contributed by atoms with van der Waals surface area (Å²) in [6, 6.07) is 12.1. The van der Waals surface area contributed by atoms with Gasteiger partial charge in [-0.2, -0.15) is 13.2 Å². The fraction of sp³-hybridized carbons (Fsp3) is 0.353. The third-order valence-corrected chi connectivity index (χ3v) is 5.99. The van der Waals surface area contributed by atoms with Crippen LogP contribution in [0.3, 0.4) is 0 Å². The van der Waals surface area contributed by atoms with E-state index >= 15 is 0 Å². The molecule has 0 amide bonds. The molecule has 11 heteroatoms. The lowest BCUT2D eigenvalue weighted by atomic mass is 9.99. The molecule has 0 spiro atoms. The molecule has 0 bridgehead atoms. The summed E-state index contributed by atoms with van der Waals surface area (Å²) < 4.78 is 68.9. The monoisotopic (exact) mass is 438 g/mol. The molecule has 154 valence electrons. The summed E-state index contributed by atoms with van der Waals surface area (Å²) >= 11 is 1.41. The number of halogens is 3. The normalized spacial score (nSPS) is 17.0. The van der Waals surface area contributed by atoms with Crippen LogP contribution in [0.25, 0.3) is 10.8 Å². The van der Waals surface area contributed by atoms with E-state index in [1.54, 1.807) is 0 Å². The number of alkyl halides is 3. The predicted octanol–water partition coefficient (Wildman–Crippen LogP) is 3.69. The van der Waals surface area contributed by atoms with Crippen LogP contribution in [-0.4, -0.2) is 37.5 Å². The Hall–Kier alpha value is -1.98. The number of carbonyl (C=O) groups excluding carboxylic acids is 1. The van der Waals surface area contributed by atoms with E-state index < -0.39 is 21.8 Å². The van der Waals surface area contributed by atoms with Gasteiger partial charge in [-0.1, -0.05) is 30.3 Å². The first-order valence-corrected chi connectivity index (χ1v) is 10.6. The van der Waals surface area contributed by atoms with Gasteiger partial charge in [0.2, 0.25) is 0 Å². The highest BCUT2D eigenvalue weighted by atomic mass is 32.2. The first-order valence-electron chi connectivity index (χ1n) is 8.01. The van der Waals surface area contributed by atoms with Crippen LogP contribution < -0.4 is 4.74 Å². The third-order valence-electron chi connectivity index (χ3n) is 3.89. The molecule has 3 rings (SSSR count). The average molecular weight is 438 g/mol. The van der Waals surface area contributed by atoms with Gasteiger partial charge in [0.25, 0.3) is 0 Å². The number of carbonyl (C=O) groups is 1. The van der Waals surface area contributed by atoms with Gasteiger partial charge in [-0.25, -0.2) is 13.2 Å². The highest BCUT2D eigenvalue weighted by Crippen LogP contribution is 2.40. The standard InChI is InChI=1S/C16H16O3S.CHF3O3S/c1-18-16(17)19-13-9-8-11-5-2-3-6-12(11)15(13)14-7-4-10-20-14;2-1(3,4)8(5,6)7/h2-3,5-6,8-9,14H,4,7,10H2,1H3;(H,5,6,7). The smallest absolute Gasteiger partial charge is 0.513 e. The summed E-state index contributed by atoms with van der Waals surface area (Å²) in [7, 11) is -4.76. The third kappa shape index (κ3) is 5.52. The highest BCUT2D eigenvalue weighted by Gasteiger charge is 2.37. The Morgan fingerprint density at radius 2 is 1.86 bits per heavy atom. The molecule has 0 aromatic heterocycles. The molecule has 0 radical (unpaired) electrons. The van der Waals surface area contributed by atoms with E-state index in [9.17, 15) is 18.0 Å². The minimum Gasteiger partial charge on any atom is -0.741 e. The lowest BCUT2D eigenvalue weighted by molar-refractivity contribution is -0.0517. The summed E-state index contributed by atoms with van der Waals surface area (Å²) in [5, 5.41) is 2.80. The van der Waals surface area contributed by atoms with Gasteiger partial charge in [0.15, 0.2) is 10.1 Å². The number of fused-ring (bicyclic) bond motifs is 1. The second-order valence-corrected chi connectivity index (χ2v) is 8.53. The topological polar surface area (TPSA) is 92.7 Å². The van der Waals surface area contributed by atoms with Crippen LogP contribution in [0.5, 0.6) is 5.75 Å². The Morgan fingerprint density at radius 3 is 2.39 bits per heavy atom. The minimum atomic E-state index is -6.09. The van der Waals surface area contributed by atoms with Gasteiger partial charge in [-0.05, 0) is 35.0 Å². The molecule has 0 aliphatic carbocycles. The van der Waals surface area contributed by atoms with Crippen LogP contribution >= 0.6 is 0 Å². The number of methoxy groups -OCH3 is 1. The molecule has 1 fully saturated rings. The van der Waals surface area contributed by atoms with Crippen LogP contribution in [0.15, 0.2) is 36.4 Å². The molecule has 0 saturated carbocycles. The zero-order valence-corrected chi connectivity index (χ0v) is 16.3. The van der Waals surface area contributed by atoms with E-state index in [0.717, 1.165) is 12.0 Å². The zero-order valence-electron chi connectivity index (χ0n) is 14.6. The van der Waals surface area contributed by atoms with E-state index in [0.29, 0.717) is 11.0 Å². The van der Waals surface area contributed by atoms with Gasteiger partial charge in [-0.15, -0.1) is 0 Å². The van der Waals surface area contributed by atoms with Crippen molar-refractivity contribution >= 4 is 38.8 Å². The molecular weight excluding hydrogens is 421 g/mol. The summed E-state index contributed by atoms with van der Waals surface area (Å²) in [6.45, 7) is 0. The number of hydrogen-bond acceptors (Lipinski definition) is 6. The number of thiol groups is 1. The quantitative estimate of drug-likeness (QED) is 0.177. The van der Waals surface area contributed by atoms with Crippen molar-refractivity contribution in [1.82, 2.24) is 0 Å². The van der Waals surface area contributed by atoms with Crippen LogP contribution in [-0.2, 0) is 26.6 Å². The molecule has 1 heterocycles. The molecule has 28 heavy (non-hydrogen) atoms. The molecule has 1 saturated heterocycles. The maximum Gasteiger partial charge on any atom is 0.513 e. The predicted molar refractivity (Wildman–Crippen MR) is 98.3 cm³/mol. The van der Waals surface area contributed by atoms with Crippen molar-refractivity contribution in [2.75, 3.05) is 12.9 Å². The van der Waals surface area contributed by atoms with Gasteiger partial charge in [-0.3, -0.25) is 0 Å². The van der Waals surface area contributed by atoms with E-state index in [1.807, 2.05) is 24.3 Å². The van der Waals surface area contributed by atoms with Gasteiger partial charge in [0, 0.05) is 6.42 Å². The summed E-state index contributed by atoms with van der Waals surface area (Å²) in [4.78, 5) is 11.4. The maximum atomic E-state index is 11.4. The fourth-order valence-corrected chi connectivity index (χ4v) is 4.19. The Balaban J connectivity index is 0.000000300. The van der Waals surface area contributed by atoms with Crippen LogP contribution in [0, 0.1) is 0 Å². The molecule has 6 nitrogen and oxygen atoms in total. The molecule has 0 N–H and O–H groups in total. The first kappa shape index (κ1) is 22.3. The minimum absolute atomic E-state index is 0.445. The van der Waals surface area contributed by atoms with Crippen molar-refractivity contribution in [3.63, 3.8) is 0 Å². The lowest BCUT2D eigenvalue weighted by Gasteiger charge is -2.13. The van der Waals surface area contributed by atoms with Gasteiger partial charge < -0.3 is 14.0 Å². The van der Waals surface area contributed by atoms with Gasteiger partial charge in [0.1, 0.15) is 16.8 Å². The van der Waals surface area contributed by atoms with Crippen molar-refractivity contribution in [3.05, 3.63) is 42.0 Å². The van der Waals surface area contributed by atoms with Crippen LogP contribution in [0.2, 0.25) is 0 Å². The Labute approximate surface area is 163 Å². The van der Waals surface area contributed by atoms with Crippen LogP contribution in [0.1, 0.15) is 23.7 Å². The van der Waals surface area contributed by atoms with Crippen LogP contribution in [0.4, 0.5) is 18.0 Å². The second kappa shape index (κ2) is 9.01. The number of hydrogen-bond donors (Lipinski definition) is 0. The lowest BCUT2D eigenvalue weighted by Crippen LogP contribution is -2.21. The second-order valence-electron chi connectivity index (χ2n) is 5.72. The average Bonchev–Trinajstić information content (AvgIpc) is 3.14. The maximum absolute atomic E-state index is 11.4. The molecule has 1 unspecified atom stereocenters. The molecule has 2 aromatic carbocycles. The largest absolute Gasteiger partial charge is 0.741 e. The first-order chi connectivity index (χ1) is 13.0. The Bertz CT molecular complexity index is 938. The molecule has 2 aromatic rings. The number of rotatable bonds is 2. The van der Waals surface area contributed by atoms with E-state index in [1.165, 1.54) is 41.8 Å². The van der Waals surface area contributed by atoms with Crippen molar-refractivity contribution < 1.29 is 40.4 Å². The molecule has 1 atom stereocenters. The van der Waals surface area contributed by atoms with E-state index in [4.69, 9.17) is 17.7 Å². The number of benzene rings is 2. The molecular formula is C17H17F3O6S2. The summed E-state index contributed by atoms with van der Waals surface area (Å²) in [5.41, 5.74) is -4.50. The van der Waals surface area contributed by atoms with Gasteiger partial charge in [0.05, 0.1) is 12.7 Å². The van der Waals surface area contributed by atoms with E-state index in [-0.39, 0.29) is 0 Å². The SMILES string of the molecule is COC(=O)Oc1ccc2ccccc2c1C1CCC[SH+]1.O=S(=O)([O-])C(F)(F)F. The molecule has 1 aliphatic rings. The Kier molecular flexibility index (Phi) is 7.18. The zero-order chi connectivity index (χ0) is 20.9. The molecule has 1 aliphatic heterocycles. The van der Waals surface area contributed by atoms with E-state index in [2.05, 4.69) is 16.9 Å². The van der Waals surface area contributed by atoms with Crippen molar-refractivity contribution in [1.29, 1.82) is 0 Å². The van der Waals surface area contributed by atoms with Crippen molar-refractivity contribution in [3.8, 4) is 5.75 Å².